The molecule has 0 atom stereocenters. The first-order chi connectivity index (χ1) is 9.10. The van der Waals surface area contributed by atoms with Gasteiger partial charge in [0.1, 0.15) is 0 Å². The molecule has 2 rings (SSSR count). The molecule has 0 aliphatic heterocycles. The summed E-state index contributed by atoms with van der Waals surface area (Å²) in [6, 6.07) is 5.42. The zero-order valence-electron chi connectivity index (χ0n) is 10.0. The highest BCUT2D eigenvalue weighted by Crippen LogP contribution is 2.32. The van der Waals surface area contributed by atoms with Crippen LogP contribution in [0.5, 0.6) is 0 Å². The van der Waals surface area contributed by atoms with Crippen molar-refractivity contribution in [1.29, 1.82) is 0 Å². The standard InChI is InChI=1S/C12H11BrN4OS/c1-7-5-15-12(16-6-7)19-10-3-2-8(4-9(10)13)11(14)17-18/h2-6,18H,1H3,(H2,14,17). The Morgan fingerprint density at radius 2 is 2.05 bits per heavy atom. The van der Waals surface area contributed by atoms with E-state index in [0.29, 0.717) is 10.7 Å². The minimum Gasteiger partial charge on any atom is -0.409 e. The molecular weight excluding hydrogens is 328 g/mol. The molecule has 0 bridgehead atoms. The second-order valence-electron chi connectivity index (χ2n) is 3.78. The van der Waals surface area contributed by atoms with Crippen molar-refractivity contribution in [2.45, 2.75) is 17.0 Å². The molecule has 0 spiro atoms. The number of oxime groups is 1. The largest absolute Gasteiger partial charge is 0.409 e. The minimum atomic E-state index is 0.0730. The van der Waals surface area contributed by atoms with Crippen LogP contribution >= 0.6 is 27.7 Å². The van der Waals surface area contributed by atoms with E-state index in [2.05, 4.69) is 31.1 Å². The maximum Gasteiger partial charge on any atom is 0.192 e. The van der Waals surface area contributed by atoms with E-state index in [9.17, 15) is 0 Å². The predicted octanol–water partition coefficient (Wildman–Crippen LogP) is 2.79. The molecule has 1 aromatic heterocycles. The Morgan fingerprint density at radius 1 is 1.37 bits per heavy atom. The molecule has 7 heteroatoms. The van der Waals surface area contributed by atoms with Crippen LogP contribution in [0.2, 0.25) is 0 Å². The number of hydrogen-bond donors (Lipinski definition) is 2. The van der Waals surface area contributed by atoms with Gasteiger partial charge >= 0.3 is 0 Å². The van der Waals surface area contributed by atoms with Crippen LogP contribution in [0, 0.1) is 6.92 Å². The number of amidine groups is 1. The number of benzene rings is 1. The molecule has 0 saturated heterocycles. The fourth-order valence-corrected chi connectivity index (χ4v) is 2.65. The lowest BCUT2D eigenvalue weighted by atomic mass is 10.2. The Bertz CT molecular complexity index is 616. The van der Waals surface area contributed by atoms with E-state index in [4.69, 9.17) is 10.9 Å². The van der Waals surface area contributed by atoms with Crippen molar-refractivity contribution in [2.75, 3.05) is 0 Å². The lowest BCUT2D eigenvalue weighted by molar-refractivity contribution is 0.318. The van der Waals surface area contributed by atoms with Gasteiger partial charge in [-0.1, -0.05) is 5.16 Å². The van der Waals surface area contributed by atoms with Gasteiger partial charge in [0.2, 0.25) is 0 Å². The molecule has 2 aromatic rings. The summed E-state index contributed by atoms with van der Waals surface area (Å²) in [5.41, 5.74) is 7.19. The van der Waals surface area contributed by atoms with Crippen molar-refractivity contribution in [3.8, 4) is 0 Å². The molecule has 0 fully saturated rings. The molecule has 0 saturated carbocycles. The molecule has 0 aliphatic rings. The number of hydrogen-bond acceptors (Lipinski definition) is 5. The van der Waals surface area contributed by atoms with E-state index in [1.807, 2.05) is 13.0 Å². The number of halogens is 1. The lowest BCUT2D eigenvalue weighted by Crippen LogP contribution is -2.12. The molecule has 3 N–H and O–H groups in total. The summed E-state index contributed by atoms with van der Waals surface area (Å²) < 4.78 is 0.839. The third kappa shape index (κ3) is 3.45. The number of nitrogens with zero attached hydrogens (tertiary/aromatic N) is 3. The molecule has 0 unspecified atom stereocenters. The second-order valence-corrected chi connectivity index (χ2v) is 5.64. The van der Waals surface area contributed by atoms with E-state index in [-0.39, 0.29) is 5.84 Å². The van der Waals surface area contributed by atoms with Crippen molar-refractivity contribution in [3.63, 3.8) is 0 Å². The quantitative estimate of drug-likeness (QED) is 0.295. The Kier molecular flexibility index (Phi) is 4.39. The fourth-order valence-electron chi connectivity index (χ4n) is 1.33. The zero-order valence-corrected chi connectivity index (χ0v) is 12.4. The van der Waals surface area contributed by atoms with Gasteiger partial charge in [-0.3, -0.25) is 0 Å². The molecule has 0 amide bonds. The SMILES string of the molecule is Cc1cnc(Sc2ccc(/C(N)=N/O)cc2Br)nc1. The number of rotatable bonds is 3. The molecular formula is C12H11BrN4OS. The van der Waals surface area contributed by atoms with Crippen LogP contribution in [0.15, 0.2) is 50.3 Å². The second kappa shape index (κ2) is 6.03. The molecule has 5 nitrogen and oxygen atoms in total. The summed E-state index contributed by atoms with van der Waals surface area (Å²) in [5.74, 6) is 0.0730. The molecule has 98 valence electrons. The van der Waals surface area contributed by atoms with Gasteiger partial charge in [0.15, 0.2) is 11.0 Å². The highest BCUT2D eigenvalue weighted by atomic mass is 79.9. The third-order valence-corrected chi connectivity index (χ3v) is 4.18. The van der Waals surface area contributed by atoms with Crippen molar-refractivity contribution in [1.82, 2.24) is 9.97 Å². The van der Waals surface area contributed by atoms with Gasteiger partial charge in [-0.15, -0.1) is 0 Å². The zero-order chi connectivity index (χ0) is 13.8. The monoisotopic (exact) mass is 338 g/mol. The average Bonchev–Trinajstić information content (AvgIpc) is 2.42. The van der Waals surface area contributed by atoms with Gasteiger partial charge in [-0.25, -0.2) is 9.97 Å². The van der Waals surface area contributed by atoms with E-state index in [1.165, 1.54) is 11.8 Å². The van der Waals surface area contributed by atoms with Crippen molar-refractivity contribution in [2.24, 2.45) is 10.9 Å². The maximum atomic E-state index is 8.63. The van der Waals surface area contributed by atoms with Crippen molar-refractivity contribution in [3.05, 3.63) is 46.2 Å². The average molecular weight is 339 g/mol. The van der Waals surface area contributed by atoms with Gasteiger partial charge < -0.3 is 10.9 Å². The van der Waals surface area contributed by atoms with Crippen LogP contribution in [-0.4, -0.2) is 21.0 Å². The highest BCUT2D eigenvalue weighted by molar-refractivity contribution is 9.10. The molecule has 19 heavy (non-hydrogen) atoms. The fraction of sp³-hybridized carbons (Fsp3) is 0.0833. The van der Waals surface area contributed by atoms with Gasteiger partial charge in [0.05, 0.1) is 0 Å². The number of aromatic nitrogens is 2. The summed E-state index contributed by atoms with van der Waals surface area (Å²) in [6.45, 7) is 1.94. The lowest BCUT2D eigenvalue weighted by Gasteiger charge is -2.05. The van der Waals surface area contributed by atoms with Crippen LogP contribution < -0.4 is 5.73 Å². The van der Waals surface area contributed by atoms with Gasteiger partial charge in [-0.05, 0) is 58.4 Å². The van der Waals surface area contributed by atoms with Crippen LogP contribution in [0.1, 0.15) is 11.1 Å². The normalized spacial score (nSPS) is 11.6. The van der Waals surface area contributed by atoms with E-state index >= 15 is 0 Å². The van der Waals surface area contributed by atoms with Crippen molar-refractivity contribution >= 4 is 33.5 Å². The first kappa shape index (κ1) is 13.8. The van der Waals surface area contributed by atoms with Crippen LogP contribution in [0.3, 0.4) is 0 Å². The summed E-state index contributed by atoms with van der Waals surface area (Å²) in [5, 5.41) is 12.3. The maximum absolute atomic E-state index is 8.63. The van der Waals surface area contributed by atoms with E-state index < -0.39 is 0 Å². The molecule has 0 radical (unpaired) electrons. The van der Waals surface area contributed by atoms with Gasteiger partial charge in [0.25, 0.3) is 0 Å². The summed E-state index contributed by atoms with van der Waals surface area (Å²) in [7, 11) is 0. The van der Waals surface area contributed by atoms with Crippen LogP contribution in [-0.2, 0) is 0 Å². The first-order valence-corrected chi connectivity index (χ1v) is 6.95. The smallest absolute Gasteiger partial charge is 0.192 e. The Labute approximate surface area is 123 Å². The Morgan fingerprint density at radius 3 is 2.63 bits per heavy atom. The van der Waals surface area contributed by atoms with Gasteiger partial charge in [0, 0.05) is 27.3 Å². The molecule has 1 heterocycles. The Balaban J connectivity index is 2.24. The summed E-state index contributed by atoms with van der Waals surface area (Å²) in [4.78, 5) is 9.42. The Hall–Kier alpha value is -1.60. The van der Waals surface area contributed by atoms with E-state index in [0.717, 1.165) is 14.9 Å². The highest BCUT2D eigenvalue weighted by Gasteiger charge is 2.07. The van der Waals surface area contributed by atoms with E-state index in [1.54, 1.807) is 24.5 Å². The van der Waals surface area contributed by atoms with Gasteiger partial charge in [-0.2, -0.15) is 0 Å². The summed E-state index contributed by atoms with van der Waals surface area (Å²) in [6.07, 6.45) is 3.54. The topological polar surface area (TPSA) is 84.4 Å². The molecule has 1 aromatic carbocycles. The summed E-state index contributed by atoms with van der Waals surface area (Å²) >= 11 is 4.89. The third-order valence-electron chi connectivity index (χ3n) is 2.29. The number of aryl methyl sites for hydroxylation is 1. The predicted molar refractivity (Wildman–Crippen MR) is 77.5 cm³/mol. The minimum absolute atomic E-state index is 0.0730. The first-order valence-electron chi connectivity index (χ1n) is 5.34. The van der Waals surface area contributed by atoms with Crippen LogP contribution in [0.25, 0.3) is 0 Å². The number of nitrogens with two attached hydrogens (primary N) is 1. The van der Waals surface area contributed by atoms with Crippen LogP contribution in [0.4, 0.5) is 0 Å². The molecule has 0 aliphatic carbocycles. The van der Waals surface area contributed by atoms with Crippen molar-refractivity contribution < 1.29 is 5.21 Å².